The first-order valence-electron chi connectivity index (χ1n) is 7.44. The van der Waals surface area contributed by atoms with Gasteiger partial charge in [0.1, 0.15) is 0 Å². The summed E-state index contributed by atoms with van der Waals surface area (Å²) in [4.78, 5) is 22.9. The number of carboxylic acid groups (broad SMARTS) is 1. The molecule has 0 radical (unpaired) electrons. The Balaban J connectivity index is 1.74. The number of anilines is 1. The van der Waals surface area contributed by atoms with Crippen LogP contribution in [0, 0.1) is 0 Å². The Hall–Kier alpha value is -3.40. The predicted octanol–water partition coefficient (Wildman–Crippen LogP) is 4.19. The Bertz CT molecular complexity index is 922. The molecule has 3 aromatic rings. The molecule has 118 valence electrons. The van der Waals surface area contributed by atoms with Gasteiger partial charge < -0.3 is 10.4 Å². The minimum atomic E-state index is -0.973. The first kappa shape index (κ1) is 15.5. The number of carbonyl (C=O) groups is 2. The van der Waals surface area contributed by atoms with Crippen LogP contribution < -0.4 is 5.32 Å². The van der Waals surface area contributed by atoms with Crippen molar-refractivity contribution in [1.82, 2.24) is 0 Å². The largest absolute Gasteiger partial charge is 0.478 e. The van der Waals surface area contributed by atoms with Crippen LogP contribution in [0.1, 0.15) is 15.9 Å². The van der Waals surface area contributed by atoms with E-state index in [0.717, 1.165) is 22.0 Å². The van der Waals surface area contributed by atoms with Crippen molar-refractivity contribution in [1.29, 1.82) is 0 Å². The van der Waals surface area contributed by atoms with E-state index in [9.17, 15) is 9.59 Å². The number of carboxylic acids is 1. The van der Waals surface area contributed by atoms with Gasteiger partial charge in [-0.1, -0.05) is 48.5 Å². The molecule has 4 heteroatoms. The summed E-state index contributed by atoms with van der Waals surface area (Å²) in [5.74, 6) is -1.21. The van der Waals surface area contributed by atoms with Gasteiger partial charge in [-0.3, -0.25) is 4.79 Å². The monoisotopic (exact) mass is 317 g/mol. The van der Waals surface area contributed by atoms with E-state index in [0.29, 0.717) is 0 Å². The Kier molecular flexibility index (Phi) is 4.38. The van der Waals surface area contributed by atoms with Crippen LogP contribution >= 0.6 is 0 Å². The van der Waals surface area contributed by atoms with E-state index >= 15 is 0 Å². The molecule has 3 aromatic carbocycles. The molecule has 0 aliphatic heterocycles. The van der Waals surface area contributed by atoms with Gasteiger partial charge >= 0.3 is 5.97 Å². The maximum Gasteiger partial charge on any atom is 0.335 e. The van der Waals surface area contributed by atoms with E-state index in [1.807, 2.05) is 42.5 Å². The predicted molar refractivity (Wildman–Crippen MR) is 95.0 cm³/mol. The second-order valence-corrected chi connectivity index (χ2v) is 5.28. The fourth-order valence-corrected chi connectivity index (χ4v) is 2.42. The number of rotatable bonds is 4. The van der Waals surface area contributed by atoms with Gasteiger partial charge in [-0.15, -0.1) is 0 Å². The molecular weight excluding hydrogens is 302 g/mol. The molecule has 0 saturated heterocycles. The molecular formula is C20H15NO3. The van der Waals surface area contributed by atoms with E-state index < -0.39 is 5.97 Å². The van der Waals surface area contributed by atoms with Crippen molar-refractivity contribution in [3.63, 3.8) is 0 Å². The summed E-state index contributed by atoms with van der Waals surface area (Å²) in [6, 6.07) is 19.9. The summed E-state index contributed by atoms with van der Waals surface area (Å²) in [5.41, 5.74) is 1.73. The van der Waals surface area contributed by atoms with Crippen LogP contribution in [0.15, 0.2) is 72.8 Å². The van der Waals surface area contributed by atoms with E-state index in [2.05, 4.69) is 5.32 Å². The van der Waals surface area contributed by atoms with Crippen LogP contribution in [0.4, 0.5) is 5.69 Å². The third kappa shape index (κ3) is 3.50. The van der Waals surface area contributed by atoms with Crippen molar-refractivity contribution in [2.45, 2.75) is 0 Å². The Morgan fingerprint density at radius 1 is 0.875 bits per heavy atom. The van der Waals surface area contributed by atoms with Gasteiger partial charge in [-0.25, -0.2) is 4.79 Å². The van der Waals surface area contributed by atoms with Crippen molar-refractivity contribution in [2.24, 2.45) is 0 Å². The molecule has 1 amide bonds. The molecule has 0 aliphatic carbocycles. The lowest BCUT2D eigenvalue weighted by Crippen LogP contribution is -2.08. The quantitative estimate of drug-likeness (QED) is 0.709. The average Bonchev–Trinajstić information content (AvgIpc) is 2.61. The zero-order valence-corrected chi connectivity index (χ0v) is 12.8. The summed E-state index contributed by atoms with van der Waals surface area (Å²) >= 11 is 0. The smallest absolute Gasteiger partial charge is 0.335 e. The van der Waals surface area contributed by atoms with Gasteiger partial charge in [0.25, 0.3) is 0 Å². The van der Waals surface area contributed by atoms with Crippen molar-refractivity contribution in [3.05, 3.63) is 83.9 Å². The summed E-state index contributed by atoms with van der Waals surface area (Å²) in [6.45, 7) is 0. The lowest BCUT2D eigenvalue weighted by atomic mass is 10.1. The van der Waals surface area contributed by atoms with Gasteiger partial charge in [0.05, 0.1) is 5.56 Å². The fraction of sp³-hybridized carbons (Fsp3) is 0. The second-order valence-electron chi connectivity index (χ2n) is 5.28. The van der Waals surface area contributed by atoms with Gasteiger partial charge in [0.2, 0.25) is 5.91 Å². The van der Waals surface area contributed by atoms with Crippen LogP contribution in [-0.4, -0.2) is 17.0 Å². The number of benzene rings is 3. The molecule has 0 unspecified atom stereocenters. The third-order valence-electron chi connectivity index (χ3n) is 3.63. The highest BCUT2D eigenvalue weighted by molar-refractivity contribution is 6.07. The van der Waals surface area contributed by atoms with E-state index in [1.165, 1.54) is 18.2 Å². The van der Waals surface area contributed by atoms with Crippen molar-refractivity contribution < 1.29 is 14.7 Å². The molecule has 0 atom stereocenters. The minimum Gasteiger partial charge on any atom is -0.478 e. The molecule has 3 rings (SSSR count). The summed E-state index contributed by atoms with van der Waals surface area (Å²) in [5, 5.41) is 13.8. The molecule has 0 bridgehead atoms. The normalized spacial score (nSPS) is 10.8. The van der Waals surface area contributed by atoms with E-state index in [-0.39, 0.29) is 11.5 Å². The molecule has 0 spiro atoms. The summed E-state index contributed by atoms with van der Waals surface area (Å²) in [6.07, 6.45) is 3.07. The second kappa shape index (κ2) is 6.79. The van der Waals surface area contributed by atoms with Crippen molar-refractivity contribution >= 4 is 34.4 Å². The third-order valence-corrected chi connectivity index (χ3v) is 3.63. The topological polar surface area (TPSA) is 66.4 Å². The zero-order valence-electron chi connectivity index (χ0n) is 12.8. The van der Waals surface area contributed by atoms with Gasteiger partial charge in [-0.2, -0.15) is 0 Å². The number of aromatic carboxylic acids is 1. The molecule has 24 heavy (non-hydrogen) atoms. The van der Waals surface area contributed by atoms with E-state index in [4.69, 9.17) is 5.11 Å². The van der Waals surface area contributed by atoms with E-state index in [1.54, 1.807) is 18.2 Å². The highest BCUT2D eigenvalue weighted by Gasteiger charge is 2.03. The number of amides is 1. The lowest BCUT2D eigenvalue weighted by molar-refractivity contribution is -0.111. The van der Waals surface area contributed by atoms with Gasteiger partial charge in [-0.05, 0) is 35.2 Å². The van der Waals surface area contributed by atoms with Crippen molar-refractivity contribution in [2.75, 3.05) is 5.32 Å². The number of carbonyl (C=O) groups excluding carboxylic acids is 1. The zero-order chi connectivity index (χ0) is 16.9. The standard InChI is InChI=1S/C20H15NO3/c22-19(13-10-14-8-11-16(12-9-14)20(23)24)21-18-7-3-5-15-4-1-2-6-17(15)18/h1-13H,(H,21,22)(H,23,24). The molecule has 0 aliphatic rings. The molecule has 2 N–H and O–H groups in total. The SMILES string of the molecule is O=C(C=Cc1ccc(C(=O)O)cc1)Nc1cccc2ccccc12. The molecule has 0 saturated carbocycles. The van der Waals surface area contributed by atoms with Crippen LogP contribution in [0.2, 0.25) is 0 Å². The molecule has 0 fully saturated rings. The molecule has 0 heterocycles. The van der Waals surface area contributed by atoms with Crippen molar-refractivity contribution in [3.8, 4) is 0 Å². The average molecular weight is 317 g/mol. The fourth-order valence-electron chi connectivity index (χ4n) is 2.42. The lowest BCUT2D eigenvalue weighted by Gasteiger charge is -2.06. The highest BCUT2D eigenvalue weighted by atomic mass is 16.4. The number of hydrogen-bond acceptors (Lipinski definition) is 2. The van der Waals surface area contributed by atoms with Crippen LogP contribution in [0.5, 0.6) is 0 Å². The maximum absolute atomic E-state index is 12.1. The Morgan fingerprint density at radius 2 is 1.58 bits per heavy atom. The van der Waals surface area contributed by atoms with Gasteiger partial charge in [0, 0.05) is 17.1 Å². The molecule has 4 nitrogen and oxygen atoms in total. The van der Waals surface area contributed by atoms with Gasteiger partial charge in [0.15, 0.2) is 0 Å². The molecule has 0 aromatic heterocycles. The Labute approximate surface area is 139 Å². The van der Waals surface area contributed by atoms with Crippen LogP contribution in [0.3, 0.4) is 0 Å². The maximum atomic E-state index is 12.1. The summed E-state index contributed by atoms with van der Waals surface area (Å²) < 4.78 is 0. The highest BCUT2D eigenvalue weighted by Crippen LogP contribution is 2.22. The Morgan fingerprint density at radius 3 is 2.33 bits per heavy atom. The first-order chi connectivity index (χ1) is 11.6. The minimum absolute atomic E-state index is 0.215. The number of hydrogen-bond donors (Lipinski definition) is 2. The van der Waals surface area contributed by atoms with Crippen LogP contribution in [-0.2, 0) is 4.79 Å². The first-order valence-corrected chi connectivity index (χ1v) is 7.44. The number of nitrogens with one attached hydrogen (secondary N) is 1. The van der Waals surface area contributed by atoms with Crippen LogP contribution in [0.25, 0.3) is 16.8 Å². The number of fused-ring (bicyclic) bond motifs is 1. The summed E-state index contributed by atoms with van der Waals surface area (Å²) in [7, 11) is 0.